The lowest BCUT2D eigenvalue weighted by Crippen LogP contribution is -2.68. The Morgan fingerprint density at radius 2 is 1.47 bits per heavy atom. The lowest BCUT2D eigenvalue weighted by molar-refractivity contribution is -2.00. The number of diazo groups is 1. The molecule has 0 heterocycles. The average molecular weight is 242 g/mol. The molecule has 90 valence electrons. The first-order valence-corrected chi connectivity index (χ1v) is 5.93. The predicted octanol–water partition coefficient (Wildman–Crippen LogP) is -1.56. The molecule has 15 heavy (non-hydrogen) atoms. The average Bonchev–Trinajstić information content (AvgIpc) is 2.14. The third-order valence-corrected chi connectivity index (χ3v) is 1.52. The molecule has 0 fully saturated rings. The van der Waals surface area contributed by atoms with E-state index in [0.717, 1.165) is 6.42 Å². The van der Waals surface area contributed by atoms with Crippen molar-refractivity contribution in [1.82, 2.24) is 0 Å². The zero-order valence-electron chi connectivity index (χ0n) is 9.73. The summed E-state index contributed by atoms with van der Waals surface area (Å²) in [7, 11) is -4.94. The van der Waals surface area contributed by atoms with Gasteiger partial charge in [0.1, 0.15) is 6.35 Å². The van der Waals surface area contributed by atoms with E-state index in [1.807, 2.05) is 0 Å². The number of halogens is 1. The summed E-state index contributed by atoms with van der Waals surface area (Å²) in [4.78, 5) is 2.87. The van der Waals surface area contributed by atoms with Crippen LogP contribution in [-0.2, 0) is 0 Å². The molecule has 0 N–H and O–H groups in total. The van der Waals surface area contributed by atoms with Crippen molar-refractivity contribution in [3.63, 3.8) is 0 Å². The van der Waals surface area contributed by atoms with Gasteiger partial charge >= 0.3 is 6.52 Å². The Bertz CT molecular complexity index is 189. The van der Waals surface area contributed by atoms with Gasteiger partial charge in [0, 0.05) is 6.42 Å². The Hall–Kier alpha value is -0.450. The van der Waals surface area contributed by atoms with Crippen molar-refractivity contribution in [2.24, 2.45) is 0 Å². The number of nitrogens with zero attached hydrogens (tertiary/aromatic N) is 2. The number of unbranched alkanes of at least 4 members (excludes halogenated alkanes) is 4. The van der Waals surface area contributed by atoms with Crippen LogP contribution in [0.3, 0.4) is 0 Å². The van der Waals surface area contributed by atoms with Gasteiger partial charge in [0.25, 0.3) is 0 Å². The molecule has 0 radical (unpaired) electrons. The van der Waals surface area contributed by atoms with Crippen LogP contribution in [0, 0.1) is 15.6 Å². The maximum Gasteiger partial charge on any atom is 0.305 e. The summed E-state index contributed by atoms with van der Waals surface area (Å²) in [5, 5.41) is 8.17. The van der Waals surface area contributed by atoms with Crippen LogP contribution in [0.5, 0.6) is 0 Å². The molecule has 6 nitrogen and oxygen atoms in total. The first-order valence-electron chi connectivity index (χ1n) is 5.27. The van der Waals surface area contributed by atoms with Gasteiger partial charge in [-0.05, 0) is 6.42 Å². The highest BCUT2D eigenvalue weighted by Gasteiger charge is 1.93. The second-order valence-electron chi connectivity index (χ2n) is 2.88. The topological polar surface area (TPSA) is 120 Å². The first-order chi connectivity index (χ1) is 7.31. The Balaban J connectivity index is 0. The van der Waals surface area contributed by atoms with Crippen molar-refractivity contribution in [3.8, 4) is 0 Å². The van der Waals surface area contributed by atoms with E-state index in [0.29, 0.717) is 6.42 Å². The van der Waals surface area contributed by atoms with Crippen LogP contribution >= 0.6 is 0 Å². The molecule has 0 rings (SSSR count). The second kappa shape index (κ2) is 11.6. The normalized spacial score (nSPS) is 13.2. The van der Waals surface area contributed by atoms with E-state index >= 15 is 0 Å². The quantitative estimate of drug-likeness (QED) is 0.411. The molecule has 0 aromatic rings. The van der Waals surface area contributed by atoms with E-state index in [1.54, 1.807) is 0 Å². The highest BCUT2D eigenvalue weighted by Crippen LogP contribution is 2.04. The highest BCUT2D eigenvalue weighted by atomic mass is 35.7. The molecule has 0 amide bonds. The molecule has 7 heteroatoms. The fourth-order valence-electron chi connectivity index (χ4n) is 0.897. The van der Waals surface area contributed by atoms with Crippen LogP contribution in [0.1, 0.15) is 46.8 Å². The van der Waals surface area contributed by atoms with Crippen molar-refractivity contribution >= 4 is 0 Å². The van der Waals surface area contributed by atoms with Gasteiger partial charge in [-0.2, -0.15) is 0 Å². The summed E-state index contributed by atoms with van der Waals surface area (Å²) in [6.45, 7) is 1.56. The van der Waals surface area contributed by atoms with Crippen LogP contribution in [0.4, 0.5) is 0 Å². The molecule has 0 saturated carbocycles. The zero-order chi connectivity index (χ0) is 13.0. The van der Waals surface area contributed by atoms with Gasteiger partial charge in [-0.15, -0.1) is 10.2 Å². The Labute approximate surface area is 93.3 Å². The minimum absolute atomic E-state index is 0.614. The number of rotatable bonds is 6. The van der Waals surface area contributed by atoms with E-state index < -0.39 is 16.8 Å². The molecular weight excluding hydrogens is 224 g/mol. The Kier molecular flexibility index (Phi) is 11.3. The van der Waals surface area contributed by atoms with Crippen molar-refractivity contribution < 1.29 is 30.2 Å². The highest BCUT2D eigenvalue weighted by molar-refractivity contribution is 4.53. The maximum atomic E-state index is 8.49. The van der Waals surface area contributed by atoms with Gasteiger partial charge in [-0.3, -0.25) is 0 Å². The van der Waals surface area contributed by atoms with E-state index in [4.69, 9.17) is 25.4 Å². The lowest BCUT2D eigenvalue weighted by Gasteiger charge is -2.17. The summed E-state index contributed by atoms with van der Waals surface area (Å²) in [5.74, 6) is 0. The fourth-order valence-corrected chi connectivity index (χ4v) is 0.897. The molecule has 0 spiro atoms. The lowest BCUT2D eigenvalue weighted by atomic mass is 10.1. The Morgan fingerprint density at radius 3 is 1.87 bits per heavy atom. The van der Waals surface area contributed by atoms with Crippen molar-refractivity contribution in [2.75, 3.05) is 6.52 Å². The van der Waals surface area contributed by atoms with Crippen LogP contribution in [0.15, 0.2) is 0 Å². The Morgan fingerprint density at radius 1 is 1.07 bits per heavy atom. The number of hydrogen-bond donors (Lipinski definition) is 0. The van der Waals surface area contributed by atoms with E-state index in [-0.39, 0.29) is 0 Å². The van der Waals surface area contributed by atoms with Gasteiger partial charge in [-0.1, -0.05) is 32.6 Å². The monoisotopic (exact) mass is 241 g/mol. The SMILES string of the molecule is [2H][C@H](CCCCCCC)[N+]#N.[O-][Cl+3]([O-])([O-])[O-]. The summed E-state index contributed by atoms with van der Waals surface area (Å²) in [5.41, 5.74) is 0. The molecule has 0 unspecified atom stereocenters. The van der Waals surface area contributed by atoms with Gasteiger partial charge in [0.2, 0.25) is 5.39 Å². The summed E-state index contributed by atoms with van der Waals surface area (Å²) in [6, 6.07) is 0. The maximum absolute atomic E-state index is 8.49. The van der Waals surface area contributed by atoms with Crippen LogP contribution in [0.2, 0.25) is 0 Å². The molecule has 0 aliphatic rings. The molecular formula is C8H17ClN2O4. The summed E-state index contributed by atoms with van der Waals surface area (Å²) in [6.07, 6.45) is 6.64. The fraction of sp³-hybridized carbons (Fsp3) is 1.00. The van der Waals surface area contributed by atoms with Crippen molar-refractivity contribution in [2.45, 2.75) is 45.4 Å². The molecule has 0 bridgehead atoms. The van der Waals surface area contributed by atoms with Gasteiger partial charge in [-0.25, -0.2) is 18.6 Å². The third kappa shape index (κ3) is 42.1. The molecule has 0 aromatic carbocycles. The molecule has 0 aliphatic heterocycles. The molecule has 0 aliphatic carbocycles. The van der Waals surface area contributed by atoms with Gasteiger partial charge < -0.3 is 0 Å². The molecule has 0 aromatic heterocycles. The first kappa shape index (κ1) is 14.6. The van der Waals surface area contributed by atoms with Crippen molar-refractivity contribution in [1.29, 1.82) is 5.39 Å². The third-order valence-electron chi connectivity index (χ3n) is 1.52. The van der Waals surface area contributed by atoms with Gasteiger partial charge in [0.05, 0.1) is 0 Å². The molecule has 1 atom stereocenters. The zero-order valence-corrected chi connectivity index (χ0v) is 9.48. The minimum atomic E-state index is -4.94. The molecule has 0 saturated heterocycles. The standard InChI is InChI=1S/C8H17N2.ClHO4/c1-2-3-4-5-6-7-8-10-9;2-1(3,4)5/h2-8H2,1H3;(H,2,3,4,5)/q+1;/p-1/i8D;/t8-;/m1./s1. The van der Waals surface area contributed by atoms with E-state index in [2.05, 4.69) is 11.9 Å². The summed E-state index contributed by atoms with van der Waals surface area (Å²) >= 11 is 0. The van der Waals surface area contributed by atoms with Crippen LogP contribution < -0.4 is 18.6 Å². The predicted molar refractivity (Wildman–Crippen MR) is 43.3 cm³/mol. The largest absolute Gasteiger partial charge is 0.305 e. The van der Waals surface area contributed by atoms with E-state index in [1.165, 1.54) is 25.7 Å². The van der Waals surface area contributed by atoms with Crippen molar-refractivity contribution in [3.05, 3.63) is 4.98 Å². The van der Waals surface area contributed by atoms with Crippen LogP contribution in [-0.4, -0.2) is 6.52 Å². The van der Waals surface area contributed by atoms with Gasteiger partial charge in [0.15, 0.2) is 0 Å². The minimum Gasteiger partial charge on any atom is -0.222 e. The smallest absolute Gasteiger partial charge is 0.222 e. The second-order valence-corrected chi connectivity index (χ2v) is 3.63. The van der Waals surface area contributed by atoms with E-state index in [9.17, 15) is 0 Å². The summed E-state index contributed by atoms with van der Waals surface area (Å²) < 4.78 is 41.1. The van der Waals surface area contributed by atoms with Crippen LogP contribution in [0.25, 0.3) is 4.98 Å². The number of hydrogen-bond acceptors (Lipinski definition) is 5.